The summed E-state index contributed by atoms with van der Waals surface area (Å²) in [5.41, 5.74) is -0.980. The number of nitrogens with zero attached hydrogens (tertiary/aromatic N) is 4. The molecular weight excluding hydrogens is 220 g/mol. The third-order valence-electron chi connectivity index (χ3n) is 3.69. The summed E-state index contributed by atoms with van der Waals surface area (Å²) in [4.78, 5) is 1.36. The summed E-state index contributed by atoms with van der Waals surface area (Å²) in [5.74, 6) is 1.11. The van der Waals surface area contributed by atoms with Crippen molar-refractivity contribution < 1.29 is 10.2 Å². The van der Waals surface area contributed by atoms with E-state index in [1.807, 2.05) is 0 Å². The minimum absolute atomic E-state index is 0.263. The molecule has 0 aromatic carbocycles. The van der Waals surface area contributed by atoms with Crippen LogP contribution in [0.1, 0.15) is 38.4 Å². The van der Waals surface area contributed by atoms with Crippen molar-refractivity contribution in [2.24, 2.45) is 13.0 Å². The molecular formula is C11H20N4O2. The third kappa shape index (κ3) is 2.81. The number of aliphatic hydroxyl groups excluding tert-OH is 1. The second-order valence-corrected chi connectivity index (χ2v) is 5.20. The van der Waals surface area contributed by atoms with Gasteiger partial charge in [0.2, 0.25) is 0 Å². The second-order valence-electron chi connectivity index (χ2n) is 5.20. The fraction of sp³-hybridized carbons (Fsp3) is 0.909. The number of hydrogen-bond donors (Lipinski definition) is 2. The molecule has 0 amide bonds. The van der Waals surface area contributed by atoms with Gasteiger partial charge in [-0.3, -0.25) is 0 Å². The Morgan fingerprint density at radius 2 is 2.12 bits per heavy atom. The average molecular weight is 240 g/mol. The molecule has 0 aliphatic heterocycles. The predicted molar refractivity (Wildman–Crippen MR) is 61.1 cm³/mol. The lowest BCUT2D eigenvalue weighted by Crippen LogP contribution is -2.46. The minimum Gasteiger partial charge on any atom is -0.390 e. The fourth-order valence-electron chi connectivity index (χ4n) is 2.36. The van der Waals surface area contributed by atoms with Gasteiger partial charge in [-0.05, 0) is 36.8 Å². The van der Waals surface area contributed by atoms with Gasteiger partial charge in [0.15, 0.2) is 5.82 Å². The summed E-state index contributed by atoms with van der Waals surface area (Å²) >= 11 is 0. The molecule has 1 unspecified atom stereocenters. The first-order chi connectivity index (χ1) is 7.99. The van der Waals surface area contributed by atoms with E-state index in [0.717, 1.165) is 12.8 Å². The van der Waals surface area contributed by atoms with Crippen LogP contribution >= 0.6 is 0 Å². The lowest BCUT2D eigenvalue weighted by atomic mass is 9.76. The van der Waals surface area contributed by atoms with Crippen LogP contribution in [0.2, 0.25) is 0 Å². The summed E-state index contributed by atoms with van der Waals surface area (Å²) < 4.78 is 0. The largest absolute Gasteiger partial charge is 0.390 e. The van der Waals surface area contributed by atoms with Gasteiger partial charge in [0.1, 0.15) is 0 Å². The molecule has 96 valence electrons. The van der Waals surface area contributed by atoms with E-state index in [2.05, 4.69) is 22.3 Å². The Labute approximate surface area is 101 Å². The maximum Gasteiger partial charge on any atom is 0.177 e. The molecule has 0 bridgehead atoms. The monoisotopic (exact) mass is 240 g/mol. The summed E-state index contributed by atoms with van der Waals surface area (Å²) in [6.45, 7) is 2.18. The van der Waals surface area contributed by atoms with Crippen molar-refractivity contribution in [2.45, 2.75) is 50.7 Å². The van der Waals surface area contributed by atoms with Crippen LogP contribution in [-0.4, -0.2) is 42.1 Å². The van der Waals surface area contributed by atoms with E-state index in [0.29, 0.717) is 24.6 Å². The Morgan fingerprint density at radius 1 is 1.47 bits per heavy atom. The van der Waals surface area contributed by atoms with Crippen LogP contribution in [0.3, 0.4) is 0 Å². The van der Waals surface area contributed by atoms with Crippen LogP contribution in [0, 0.1) is 5.92 Å². The molecule has 1 aromatic rings. The molecule has 6 nitrogen and oxygen atoms in total. The number of hydrogen-bond acceptors (Lipinski definition) is 5. The standard InChI is InChI=1S/C11H20N4O2/c1-8-3-5-11(17,6-4-8)9(16)7-10-12-14-15(2)13-10/h8-9,16-17H,3-7H2,1-2H3. The van der Waals surface area contributed by atoms with Gasteiger partial charge < -0.3 is 10.2 Å². The molecule has 2 rings (SSSR count). The lowest BCUT2D eigenvalue weighted by molar-refractivity contribution is -0.103. The summed E-state index contributed by atoms with van der Waals surface area (Å²) in [5, 5.41) is 32.1. The summed E-state index contributed by atoms with van der Waals surface area (Å²) in [6.07, 6.45) is 2.67. The van der Waals surface area contributed by atoms with Gasteiger partial charge in [-0.2, -0.15) is 4.80 Å². The van der Waals surface area contributed by atoms with Gasteiger partial charge in [0.05, 0.1) is 18.8 Å². The number of tetrazole rings is 1. The van der Waals surface area contributed by atoms with Gasteiger partial charge >= 0.3 is 0 Å². The van der Waals surface area contributed by atoms with Crippen molar-refractivity contribution in [3.05, 3.63) is 5.82 Å². The van der Waals surface area contributed by atoms with Gasteiger partial charge in [0, 0.05) is 6.42 Å². The highest BCUT2D eigenvalue weighted by atomic mass is 16.3. The Kier molecular flexibility index (Phi) is 3.44. The van der Waals surface area contributed by atoms with Crippen LogP contribution in [0.15, 0.2) is 0 Å². The molecule has 1 aliphatic carbocycles. The predicted octanol–water partition coefficient (Wildman–Crippen LogP) is 0.0547. The van der Waals surface area contributed by atoms with Gasteiger partial charge in [-0.25, -0.2) is 0 Å². The van der Waals surface area contributed by atoms with Gasteiger partial charge in [-0.1, -0.05) is 6.92 Å². The molecule has 1 aromatic heterocycles. The van der Waals surface area contributed by atoms with Gasteiger partial charge in [0.25, 0.3) is 0 Å². The van der Waals surface area contributed by atoms with E-state index >= 15 is 0 Å². The number of aliphatic hydroxyl groups is 2. The molecule has 6 heteroatoms. The normalized spacial score (nSPS) is 31.4. The van der Waals surface area contributed by atoms with E-state index in [-0.39, 0.29) is 6.42 Å². The van der Waals surface area contributed by atoms with Crippen molar-refractivity contribution >= 4 is 0 Å². The highest BCUT2D eigenvalue weighted by molar-refractivity contribution is 4.95. The molecule has 0 radical (unpaired) electrons. The lowest BCUT2D eigenvalue weighted by Gasteiger charge is -2.38. The van der Waals surface area contributed by atoms with E-state index in [1.165, 1.54) is 4.80 Å². The molecule has 1 aliphatic rings. The zero-order valence-electron chi connectivity index (χ0n) is 10.4. The molecule has 0 spiro atoms. The number of aromatic nitrogens is 4. The topological polar surface area (TPSA) is 84.1 Å². The Balaban J connectivity index is 1.97. The Hall–Kier alpha value is -1.01. The second kappa shape index (κ2) is 4.70. The van der Waals surface area contributed by atoms with Crippen molar-refractivity contribution in [1.82, 2.24) is 20.2 Å². The number of rotatable bonds is 3. The van der Waals surface area contributed by atoms with Crippen LogP contribution in [-0.2, 0) is 13.5 Å². The van der Waals surface area contributed by atoms with Crippen LogP contribution in [0.5, 0.6) is 0 Å². The molecule has 1 fully saturated rings. The minimum atomic E-state index is -0.980. The van der Waals surface area contributed by atoms with Crippen LogP contribution in [0.25, 0.3) is 0 Å². The Morgan fingerprint density at radius 3 is 2.65 bits per heavy atom. The van der Waals surface area contributed by atoms with Crippen molar-refractivity contribution in [3.8, 4) is 0 Å². The van der Waals surface area contributed by atoms with Gasteiger partial charge in [-0.15, -0.1) is 10.2 Å². The number of aryl methyl sites for hydroxylation is 1. The maximum absolute atomic E-state index is 10.4. The molecule has 1 saturated carbocycles. The highest BCUT2D eigenvalue weighted by Gasteiger charge is 2.39. The molecule has 0 saturated heterocycles. The first-order valence-electron chi connectivity index (χ1n) is 6.13. The quantitative estimate of drug-likeness (QED) is 0.780. The van der Waals surface area contributed by atoms with Crippen molar-refractivity contribution in [1.29, 1.82) is 0 Å². The SMILES string of the molecule is CC1CCC(O)(C(O)Cc2nnn(C)n2)CC1. The maximum atomic E-state index is 10.4. The first-order valence-corrected chi connectivity index (χ1v) is 6.13. The first kappa shape index (κ1) is 12.4. The Bertz CT molecular complexity index is 371. The summed E-state index contributed by atoms with van der Waals surface area (Å²) in [6, 6.07) is 0. The fourth-order valence-corrected chi connectivity index (χ4v) is 2.36. The van der Waals surface area contributed by atoms with E-state index in [1.54, 1.807) is 7.05 Å². The summed E-state index contributed by atoms with van der Waals surface area (Å²) in [7, 11) is 1.68. The third-order valence-corrected chi connectivity index (χ3v) is 3.69. The van der Waals surface area contributed by atoms with E-state index in [4.69, 9.17) is 0 Å². The highest BCUT2D eigenvalue weighted by Crippen LogP contribution is 2.34. The smallest absolute Gasteiger partial charge is 0.177 e. The van der Waals surface area contributed by atoms with E-state index in [9.17, 15) is 10.2 Å². The van der Waals surface area contributed by atoms with E-state index < -0.39 is 11.7 Å². The molecule has 17 heavy (non-hydrogen) atoms. The molecule has 1 heterocycles. The van der Waals surface area contributed by atoms with Crippen molar-refractivity contribution in [2.75, 3.05) is 0 Å². The average Bonchev–Trinajstić information content (AvgIpc) is 2.68. The zero-order chi connectivity index (χ0) is 12.5. The van der Waals surface area contributed by atoms with Crippen LogP contribution in [0.4, 0.5) is 0 Å². The molecule has 2 N–H and O–H groups in total. The van der Waals surface area contributed by atoms with Crippen LogP contribution < -0.4 is 0 Å². The zero-order valence-corrected chi connectivity index (χ0v) is 10.4. The molecule has 1 atom stereocenters. The van der Waals surface area contributed by atoms with Crippen molar-refractivity contribution in [3.63, 3.8) is 0 Å².